The van der Waals surface area contributed by atoms with E-state index in [1.165, 1.54) is 12.8 Å². The first kappa shape index (κ1) is 10.6. The van der Waals surface area contributed by atoms with Crippen LogP contribution in [0.2, 0.25) is 0 Å². The topological polar surface area (TPSA) is 47.3 Å². The van der Waals surface area contributed by atoms with E-state index < -0.39 is 5.60 Å². The number of nitriles is 1. The molecular formula is C14H16N2O. The Bertz CT molecular complexity index is 493. The molecule has 1 aromatic carbocycles. The van der Waals surface area contributed by atoms with Crippen LogP contribution in [-0.2, 0) is 0 Å². The maximum Gasteiger partial charge on any atom is 0.102 e. The van der Waals surface area contributed by atoms with Crippen LogP contribution in [0, 0.1) is 24.2 Å². The van der Waals surface area contributed by atoms with Crippen LogP contribution in [0.1, 0.15) is 24.0 Å². The van der Waals surface area contributed by atoms with Crippen molar-refractivity contribution in [2.24, 2.45) is 5.92 Å². The van der Waals surface area contributed by atoms with Gasteiger partial charge in [-0.15, -0.1) is 0 Å². The summed E-state index contributed by atoms with van der Waals surface area (Å²) in [5, 5.41) is 19.1. The summed E-state index contributed by atoms with van der Waals surface area (Å²) in [7, 11) is 0. The fourth-order valence-electron chi connectivity index (χ4n) is 2.65. The molecule has 1 aliphatic carbocycles. The average Bonchev–Trinajstić information content (AvgIpc) is 3.08. The lowest BCUT2D eigenvalue weighted by Crippen LogP contribution is -2.63. The first-order valence-electron chi connectivity index (χ1n) is 6.10. The fourth-order valence-corrected chi connectivity index (χ4v) is 2.65. The zero-order chi connectivity index (χ0) is 12.0. The van der Waals surface area contributed by atoms with Gasteiger partial charge in [-0.1, -0.05) is 0 Å². The van der Waals surface area contributed by atoms with Gasteiger partial charge in [0.1, 0.15) is 5.60 Å². The van der Waals surface area contributed by atoms with Gasteiger partial charge in [0.15, 0.2) is 0 Å². The molecule has 88 valence electrons. The molecule has 1 heterocycles. The second-order valence-corrected chi connectivity index (χ2v) is 5.34. The van der Waals surface area contributed by atoms with Gasteiger partial charge in [-0.2, -0.15) is 5.26 Å². The minimum atomic E-state index is -0.443. The normalized spacial score (nSPS) is 21.8. The van der Waals surface area contributed by atoms with Crippen LogP contribution in [0.3, 0.4) is 0 Å². The monoisotopic (exact) mass is 228 g/mol. The Morgan fingerprint density at radius 3 is 2.65 bits per heavy atom. The summed E-state index contributed by atoms with van der Waals surface area (Å²) < 4.78 is 0. The SMILES string of the molecule is Cc1cc(N2CC(O)(C3CC3)C2)ccc1C#N. The molecule has 1 saturated carbocycles. The van der Waals surface area contributed by atoms with E-state index in [0.29, 0.717) is 5.92 Å². The lowest BCUT2D eigenvalue weighted by molar-refractivity contribution is -0.00930. The van der Waals surface area contributed by atoms with E-state index in [0.717, 1.165) is 29.9 Å². The number of aliphatic hydroxyl groups is 1. The molecule has 0 radical (unpaired) electrons. The third-order valence-corrected chi connectivity index (χ3v) is 3.96. The van der Waals surface area contributed by atoms with Crippen LogP contribution in [0.4, 0.5) is 5.69 Å². The molecular weight excluding hydrogens is 212 g/mol. The van der Waals surface area contributed by atoms with E-state index >= 15 is 0 Å². The minimum absolute atomic E-state index is 0.443. The molecule has 1 aromatic rings. The third kappa shape index (κ3) is 1.69. The highest BCUT2D eigenvalue weighted by Crippen LogP contribution is 2.45. The van der Waals surface area contributed by atoms with E-state index in [4.69, 9.17) is 5.26 Å². The standard InChI is InChI=1S/C14H16N2O/c1-10-6-13(5-2-11(10)7-15)16-8-14(17,9-16)12-3-4-12/h2,5-6,12,17H,3-4,8-9H2,1H3. The van der Waals surface area contributed by atoms with E-state index in [9.17, 15) is 5.11 Å². The van der Waals surface area contributed by atoms with Gasteiger partial charge in [-0.05, 0) is 49.4 Å². The molecule has 0 spiro atoms. The first-order valence-corrected chi connectivity index (χ1v) is 6.10. The number of hydrogen-bond acceptors (Lipinski definition) is 3. The highest BCUT2D eigenvalue weighted by atomic mass is 16.3. The lowest BCUT2D eigenvalue weighted by Gasteiger charge is -2.48. The van der Waals surface area contributed by atoms with Gasteiger partial charge in [0, 0.05) is 18.8 Å². The number of rotatable bonds is 2. The van der Waals surface area contributed by atoms with E-state index in [1.54, 1.807) is 0 Å². The van der Waals surface area contributed by atoms with Crippen molar-refractivity contribution in [3.8, 4) is 6.07 Å². The maximum absolute atomic E-state index is 10.3. The highest BCUT2D eigenvalue weighted by molar-refractivity contribution is 5.56. The zero-order valence-electron chi connectivity index (χ0n) is 9.98. The van der Waals surface area contributed by atoms with Crippen molar-refractivity contribution in [1.82, 2.24) is 0 Å². The van der Waals surface area contributed by atoms with E-state index in [2.05, 4.69) is 11.0 Å². The molecule has 2 fully saturated rings. The van der Waals surface area contributed by atoms with Gasteiger partial charge < -0.3 is 10.0 Å². The van der Waals surface area contributed by atoms with Gasteiger partial charge in [0.25, 0.3) is 0 Å². The van der Waals surface area contributed by atoms with Crippen molar-refractivity contribution in [3.63, 3.8) is 0 Å². The van der Waals surface area contributed by atoms with Crippen molar-refractivity contribution in [1.29, 1.82) is 5.26 Å². The summed E-state index contributed by atoms with van der Waals surface area (Å²) in [6.07, 6.45) is 2.35. The molecule has 1 N–H and O–H groups in total. The van der Waals surface area contributed by atoms with Crippen LogP contribution < -0.4 is 4.90 Å². The van der Waals surface area contributed by atoms with Crippen LogP contribution >= 0.6 is 0 Å². The van der Waals surface area contributed by atoms with Gasteiger partial charge in [0.05, 0.1) is 11.6 Å². The molecule has 1 aliphatic heterocycles. The summed E-state index contributed by atoms with van der Waals surface area (Å²) >= 11 is 0. The Balaban J connectivity index is 1.75. The second-order valence-electron chi connectivity index (χ2n) is 5.34. The molecule has 0 unspecified atom stereocenters. The maximum atomic E-state index is 10.3. The Hall–Kier alpha value is -1.53. The Kier molecular flexibility index (Phi) is 2.17. The number of benzene rings is 1. The molecule has 0 amide bonds. The summed E-state index contributed by atoms with van der Waals surface area (Å²) in [5.41, 5.74) is 2.41. The average molecular weight is 228 g/mol. The summed E-state index contributed by atoms with van der Waals surface area (Å²) in [6, 6.07) is 8.04. The fraction of sp³-hybridized carbons (Fsp3) is 0.500. The molecule has 3 rings (SSSR count). The number of β-amino-alcohol motifs (C(OH)–C–C–N with tert-alkyl or cyclic N) is 1. The highest BCUT2D eigenvalue weighted by Gasteiger charge is 2.51. The smallest absolute Gasteiger partial charge is 0.102 e. The second kappa shape index (κ2) is 3.48. The van der Waals surface area contributed by atoms with Crippen molar-refractivity contribution in [2.45, 2.75) is 25.4 Å². The van der Waals surface area contributed by atoms with Gasteiger partial charge in [-0.25, -0.2) is 0 Å². The van der Waals surface area contributed by atoms with E-state index in [-0.39, 0.29) is 0 Å². The van der Waals surface area contributed by atoms with Crippen LogP contribution in [0.15, 0.2) is 18.2 Å². The van der Waals surface area contributed by atoms with E-state index in [1.807, 2.05) is 25.1 Å². The summed E-state index contributed by atoms with van der Waals surface area (Å²) in [4.78, 5) is 2.19. The molecule has 17 heavy (non-hydrogen) atoms. The molecule has 1 saturated heterocycles. The Morgan fingerprint density at radius 1 is 1.41 bits per heavy atom. The molecule has 0 aromatic heterocycles. The minimum Gasteiger partial charge on any atom is -0.386 e. The van der Waals surface area contributed by atoms with Crippen molar-refractivity contribution in [2.75, 3.05) is 18.0 Å². The van der Waals surface area contributed by atoms with Crippen molar-refractivity contribution in [3.05, 3.63) is 29.3 Å². The molecule has 0 atom stereocenters. The Morgan fingerprint density at radius 2 is 2.12 bits per heavy atom. The molecule has 2 aliphatic rings. The largest absolute Gasteiger partial charge is 0.386 e. The van der Waals surface area contributed by atoms with Crippen LogP contribution in [-0.4, -0.2) is 23.8 Å². The zero-order valence-corrected chi connectivity index (χ0v) is 9.98. The van der Waals surface area contributed by atoms with Crippen LogP contribution in [0.25, 0.3) is 0 Å². The number of anilines is 1. The number of aryl methyl sites for hydroxylation is 1. The summed E-state index contributed by atoms with van der Waals surface area (Å²) in [5.74, 6) is 0.526. The molecule has 3 nitrogen and oxygen atoms in total. The first-order chi connectivity index (χ1) is 8.12. The van der Waals surface area contributed by atoms with Gasteiger partial charge >= 0.3 is 0 Å². The van der Waals surface area contributed by atoms with Crippen molar-refractivity contribution < 1.29 is 5.11 Å². The predicted octanol–water partition coefficient (Wildman–Crippen LogP) is 1.83. The number of nitrogens with zero attached hydrogens (tertiary/aromatic N) is 2. The Labute approximate surface area is 101 Å². The predicted molar refractivity (Wildman–Crippen MR) is 65.8 cm³/mol. The van der Waals surface area contributed by atoms with Gasteiger partial charge in [-0.3, -0.25) is 0 Å². The van der Waals surface area contributed by atoms with Crippen molar-refractivity contribution >= 4 is 5.69 Å². The quantitative estimate of drug-likeness (QED) is 0.840. The number of hydrogen-bond donors (Lipinski definition) is 1. The lowest BCUT2D eigenvalue weighted by atomic mass is 9.88. The molecule has 0 bridgehead atoms. The summed E-state index contributed by atoms with van der Waals surface area (Å²) in [6.45, 7) is 3.43. The van der Waals surface area contributed by atoms with Gasteiger partial charge in [0.2, 0.25) is 0 Å². The molecule has 3 heteroatoms. The third-order valence-electron chi connectivity index (χ3n) is 3.96. The van der Waals surface area contributed by atoms with Crippen LogP contribution in [0.5, 0.6) is 0 Å².